The first-order chi connectivity index (χ1) is 14.4. The zero-order valence-corrected chi connectivity index (χ0v) is 17.9. The first-order valence-electron chi connectivity index (χ1n) is 10.8. The third-order valence-corrected chi connectivity index (χ3v) is 6.48. The van der Waals surface area contributed by atoms with E-state index in [1.807, 2.05) is 56.0 Å². The number of benzene rings is 1. The van der Waals surface area contributed by atoms with Crippen LogP contribution < -0.4 is 5.32 Å². The average molecular weight is 411 g/mol. The Kier molecular flexibility index (Phi) is 5.62. The molecule has 2 heterocycles. The number of rotatable bonds is 6. The van der Waals surface area contributed by atoms with Gasteiger partial charge in [-0.15, -0.1) is 0 Å². The van der Waals surface area contributed by atoms with E-state index >= 15 is 0 Å². The molecule has 1 aromatic carbocycles. The quantitative estimate of drug-likeness (QED) is 0.791. The standard InChI is InChI=1S/C23H30N4O3/c1-15(2)21(29)27-13-18-11-19(12-23(18,14-27)22-24-16(3)26-30-22)25-20(28)10-9-17-7-5-4-6-8-17/h4-8,15,18-19H,9-14H2,1-3H3,(H,25,28)/t18-,19+,23-/m0/s1. The Balaban J connectivity index is 1.44. The summed E-state index contributed by atoms with van der Waals surface area (Å²) in [5, 5.41) is 7.21. The molecule has 0 bridgehead atoms. The van der Waals surface area contributed by atoms with E-state index in [9.17, 15) is 9.59 Å². The third kappa shape index (κ3) is 3.98. The summed E-state index contributed by atoms with van der Waals surface area (Å²) in [6.45, 7) is 6.91. The van der Waals surface area contributed by atoms with Crippen LogP contribution in [0.25, 0.3) is 0 Å². The van der Waals surface area contributed by atoms with Crippen molar-refractivity contribution in [1.29, 1.82) is 0 Å². The summed E-state index contributed by atoms with van der Waals surface area (Å²) in [6, 6.07) is 10.1. The van der Waals surface area contributed by atoms with Crippen molar-refractivity contribution >= 4 is 11.8 Å². The number of hydrogen-bond donors (Lipinski definition) is 1. The van der Waals surface area contributed by atoms with E-state index in [0.29, 0.717) is 31.2 Å². The molecule has 0 radical (unpaired) electrons. The number of nitrogens with one attached hydrogen (secondary N) is 1. The maximum absolute atomic E-state index is 12.6. The second-order valence-electron chi connectivity index (χ2n) is 9.06. The maximum atomic E-state index is 12.6. The molecule has 30 heavy (non-hydrogen) atoms. The molecule has 1 saturated carbocycles. The summed E-state index contributed by atoms with van der Waals surface area (Å²) in [7, 11) is 0. The van der Waals surface area contributed by atoms with Crippen molar-refractivity contribution in [3.05, 3.63) is 47.6 Å². The highest BCUT2D eigenvalue weighted by atomic mass is 16.5. The molecular weight excluding hydrogens is 380 g/mol. The minimum Gasteiger partial charge on any atom is -0.353 e. The number of nitrogens with zero attached hydrogens (tertiary/aromatic N) is 3. The van der Waals surface area contributed by atoms with Gasteiger partial charge < -0.3 is 14.7 Å². The number of carbonyl (C=O) groups excluding carboxylic acids is 2. The van der Waals surface area contributed by atoms with Gasteiger partial charge in [-0.1, -0.05) is 49.3 Å². The van der Waals surface area contributed by atoms with E-state index in [0.717, 1.165) is 24.8 Å². The van der Waals surface area contributed by atoms with E-state index in [1.54, 1.807) is 0 Å². The highest BCUT2D eigenvalue weighted by Gasteiger charge is 2.58. The number of fused-ring (bicyclic) bond motifs is 1. The van der Waals surface area contributed by atoms with Gasteiger partial charge >= 0.3 is 0 Å². The molecule has 3 atom stereocenters. The molecule has 1 aromatic heterocycles. The van der Waals surface area contributed by atoms with Gasteiger partial charge in [-0.2, -0.15) is 4.98 Å². The average Bonchev–Trinajstić information content (AvgIpc) is 3.39. The summed E-state index contributed by atoms with van der Waals surface area (Å²) < 4.78 is 5.59. The molecule has 4 rings (SSSR count). The summed E-state index contributed by atoms with van der Waals surface area (Å²) in [5.74, 6) is 1.59. The molecule has 2 aliphatic rings. The predicted molar refractivity (Wildman–Crippen MR) is 112 cm³/mol. The predicted octanol–water partition coefficient (Wildman–Crippen LogP) is 2.64. The minimum atomic E-state index is -0.372. The van der Waals surface area contributed by atoms with Crippen molar-refractivity contribution < 1.29 is 14.1 Å². The van der Waals surface area contributed by atoms with Crippen LogP contribution >= 0.6 is 0 Å². The molecular formula is C23H30N4O3. The Hall–Kier alpha value is -2.70. The molecule has 160 valence electrons. The molecule has 1 aliphatic carbocycles. The van der Waals surface area contributed by atoms with E-state index < -0.39 is 0 Å². The van der Waals surface area contributed by atoms with Crippen LogP contribution in [0.4, 0.5) is 0 Å². The van der Waals surface area contributed by atoms with Crippen LogP contribution in [0.15, 0.2) is 34.9 Å². The monoisotopic (exact) mass is 410 g/mol. The summed E-state index contributed by atoms with van der Waals surface area (Å²) in [5.41, 5.74) is 0.792. The van der Waals surface area contributed by atoms with Crippen molar-refractivity contribution in [1.82, 2.24) is 20.4 Å². The van der Waals surface area contributed by atoms with Crippen LogP contribution in [-0.2, 0) is 21.4 Å². The molecule has 7 heteroatoms. The lowest BCUT2D eigenvalue weighted by Crippen LogP contribution is -2.40. The normalized spacial score (nSPS) is 25.5. The fourth-order valence-corrected chi connectivity index (χ4v) is 5.05. The SMILES string of the molecule is Cc1noc([C@]23C[C@H](NC(=O)CCc4ccccc4)C[C@H]2CN(C(=O)C(C)C)C3)n1. The van der Waals surface area contributed by atoms with Gasteiger partial charge in [0.25, 0.3) is 0 Å². The minimum absolute atomic E-state index is 0.0428. The zero-order chi connectivity index (χ0) is 21.3. The molecule has 1 aliphatic heterocycles. The first-order valence-corrected chi connectivity index (χ1v) is 10.8. The van der Waals surface area contributed by atoms with Gasteiger partial charge in [-0.05, 0) is 37.7 Å². The smallest absolute Gasteiger partial charge is 0.235 e. The van der Waals surface area contributed by atoms with E-state index in [-0.39, 0.29) is 35.1 Å². The Bertz CT molecular complexity index is 910. The number of likely N-dealkylation sites (tertiary alicyclic amines) is 1. The van der Waals surface area contributed by atoms with Crippen LogP contribution in [0, 0.1) is 18.8 Å². The third-order valence-electron chi connectivity index (χ3n) is 6.48. The topological polar surface area (TPSA) is 88.3 Å². The fraction of sp³-hybridized carbons (Fsp3) is 0.565. The van der Waals surface area contributed by atoms with Crippen molar-refractivity contribution in [2.75, 3.05) is 13.1 Å². The molecule has 1 saturated heterocycles. The lowest BCUT2D eigenvalue weighted by atomic mass is 9.80. The van der Waals surface area contributed by atoms with E-state index in [2.05, 4.69) is 15.5 Å². The van der Waals surface area contributed by atoms with Crippen LogP contribution in [0.5, 0.6) is 0 Å². The molecule has 2 aromatic rings. The highest BCUT2D eigenvalue weighted by Crippen LogP contribution is 2.50. The lowest BCUT2D eigenvalue weighted by molar-refractivity contribution is -0.134. The van der Waals surface area contributed by atoms with E-state index in [1.165, 1.54) is 0 Å². The fourth-order valence-electron chi connectivity index (χ4n) is 5.05. The van der Waals surface area contributed by atoms with Crippen LogP contribution in [0.1, 0.15) is 50.4 Å². The van der Waals surface area contributed by atoms with Crippen LogP contribution in [0.2, 0.25) is 0 Å². The van der Waals surface area contributed by atoms with E-state index in [4.69, 9.17) is 4.52 Å². The molecule has 0 spiro atoms. The van der Waals surface area contributed by atoms with Crippen LogP contribution in [-0.4, -0.2) is 46.0 Å². The number of carbonyl (C=O) groups is 2. The molecule has 1 N–H and O–H groups in total. The van der Waals surface area contributed by atoms with Crippen molar-refractivity contribution in [2.45, 2.75) is 57.9 Å². The van der Waals surface area contributed by atoms with Gasteiger partial charge in [0.1, 0.15) is 0 Å². The first kappa shape index (κ1) is 20.6. The Morgan fingerprint density at radius 1 is 1.30 bits per heavy atom. The lowest BCUT2D eigenvalue weighted by Gasteiger charge is -2.26. The summed E-state index contributed by atoms with van der Waals surface area (Å²) >= 11 is 0. The Morgan fingerprint density at radius 3 is 2.73 bits per heavy atom. The molecule has 2 fully saturated rings. The number of aryl methyl sites for hydroxylation is 2. The van der Waals surface area contributed by atoms with Gasteiger partial charge in [0.2, 0.25) is 17.7 Å². The van der Waals surface area contributed by atoms with Gasteiger partial charge in [-0.25, -0.2) is 0 Å². The second kappa shape index (κ2) is 8.20. The Labute approximate surface area is 177 Å². The molecule has 2 amide bonds. The van der Waals surface area contributed by atoms with Gasteiger partial charge in [-0.3, -0.25) is 9.59 Å². The summed E-state index contributed by atoms with van der Waals surface area (Å²) in [6.07, 6.45) is 2.74. The maximum Gasteiger partial charge on any atom is 0.235 e. The molecule has 7 nitrogen and oxygen atoms in total. The molecule has 0 unspecified atom stereocenters. The van der Waals surface area contributed by atoms with Crippen LogP contribution in [0.3, 0.4) is 0 Å². The van der Waals surface area contributed by atoms with Crippen molar-refractivity contribution in [3.63, 3.8) is 0 Å². The van der Waals surface area contributed by atoms with Gasteiger partial charge in [0, 0.05) is 31.5 Å². The second-order valence-corrected chi connectivity index (χ2v) is 9.06. The van der Waals surface area contributed by atoms with Gasteiger partial charge in [0.05, 0.1) is 5.41 Å². The number of amides is 2. The highest BCUT2D eigenvalue weighted by molar-refractivity contribution is 5.79. The number of hydrogen-bond acceptors (Lipinski definition) is 5. The Morgan fingerprint density at radius 2 is 2.07 bits per heavy atom. The van der Waals surface area contributed by atoms with Crippen molar-refractivity contribution in [3.8, 4) is 0 Å². The van der Waals surface area contributed by atoms with Crippen molar-refractivity contribution in [2.24, 2.45) is 11.8 Å². The zero-order valence-electron chi connectivity index (χ0n) is 17.9. The number of aromatic nitrogens is 2. The summed E-state index contributed by atoms with van der Waals surface area (Å²) in [4.78, 5) is 31.7. The van der Waals surface area contributed by atoms with Gasteiger partial charge in [0.15, 0.2) is 5.82 Å². The largest absolute Gasteiger partial charge is 0.353 e.